The number of carboxylic acids is 1. The molecule has 0 bridgehead atoms. The zero-order chi connectivity index (χ0) is 36.5. The molecule has 0 spiro atoms. The highest BCUT2D eigenvalue weighted by atomic mass is 32.2. The largest absolute Gasteiger partial charge is 0.491 e. The number of halogens is 4. The summed E-state index contributed by atoms with van der Waals surface area (Å²) in [4.78, 5) is 38.4. The van der Waals surface area contributed by atoms with Gasteiger partial charge in [0.2, 0.25) is 11.8 Å². The van der Waals surface area contributed by atoms with Gasteiger partial charge in [0, 0.05) is 36.4 Å². The monoisotopic (exact) mass is 707 g/mol. The fourth-order valence-electron chi connectivity index (χ4n) is 4.47. The van der Waals surface area contributed by atoms with Crippen molar-refractivity contribution in [3.8, 4) is 5.75 Å². The first kappa shape index (κ1) is 38.0. The Labute approximate surface area is 278 Å². The minimum absolute atomic E-state index is 0.00806. The van der Waals surface area contributed by atoms with E-state index >= 15 is 0 Å². The van der Waals surface area contributed by atoms with E-state index in [1.165, 1.54) is 50.2 Å². The van der Waals surface area contributed by atoms with Crippen LogP contribution in [0.2, 0.25) is 0 Å². The molecule has 1 aromatic heterocycles. The molecule has 6 N–H and O–H groups in total. The van der Waals surface area contributed by atoms with Gasteiger partial charge in [0.25, 0.3) is 0 Å². The Bertz CT molecular complexity index is 1960. The summed E-state index contributed by atoms with van der Waals surface area (Å²) in [7, 11) is -3.64. The van der Waals surface area contributed by atoms with Gasteiger partial charge in [-0.3, -0.25) is 9.59 Å². The number of rotatable bonds is 11. The predicted molar refractivity (Wildman–Crippen MR) is 174 cm³/mol. The van der Waals surface area contributed by atoms with Crippen molar-refractivity contribution in [2.75, 3.05) is 28.7 Å². The number of aliphatic carboxylic acids is 1. The van der Waals surface area contributed by atoms with Crippen LogP contribution >= 0.6 is 0 Å². The Morgan fingerprint density at radius 3 is 2.29 bits per heavy atom. The number of hydrogen-bond acceptors (Lipinski definition) is 9. The number of nitrogens with two attached hydrogens (primary N) is 1. The molecule has 2 amide bonds. The molecular weight excluding hydrogens is 674 g/mol. The lowest BCUT2D eigenvalue weighted by atomic mass is 10.0. The number of aromatic nitrogens is 1. The summed E-state index contributed by atoms with van der Waals surface area (Å²) in [6.07, 6.45) is -3.50. The lowest BCUT2D eigenvalue weighted by Gasteiger charge is -2.22. The van der Waals surface area contributed by atoms with Gasteiger partial charge < -0.3 is 31.5 Å². The number of alkyl halides is 3. The Kier molecular flexibility index (Phi) is 12.5. The number of carboxylic acid groups (broad SMARTS) is 1. The van der Waals surface area contributed by atoms with E-state index in [4.69, 9.17) is 20.4 Å². The van der Waals surface area contributed by atoms with Crippen LogP contribution in [-0.2, 0) is 30.8 Å². The standard InChI is InChI=1S/C30H32FN5O5S.C2HF3O2/c1-4-41-26-16-20(6-10-25(26)31)28(36-23-7-9-24-19(14-23)12-13-33-29(24)32)30(38)34-17-21-15-22(35-18(3)37)8-11-27(21)42(39,40)5-2;3-2(4,5)1(6)7/h6-16,28,36H,4-5,17H2,1-3H3,(H2,32,33)(H,34,38)(H,35,37);(H,6,7). The molecule has 262 valence electrons. The van der Waals surface area contributed by atoms with Crippen molar-refractivity contribution in [1.29, 1.82) is 0 Å². The first-order valence-corrected chi connectivity index (χ1v) is 16.2. The molecule has 0 aliphatic heterocycles. The number of hydrogen-bond donors (Lipinski definition) is 5. The van der Waals surface area contributed by atoms with Gasteiger partial charge in [-0.15, -0.1) is 0 Å². The molecule has 17 heteroatoms. The summed E-state index contributed by atoms with van der Waals surface area (Å²) in [6.45, 7) is 4.66. The second-order valence-corrected chi connectivity index (χ2v) is 12.5. The van der Waals surface area contributed by atoms with E-state index in [0.29, 0.717) is 28.3 Å². The molecule has 12 nitrogen and oxygen atoms in total. The number of nitrogens with one attached hydrogen (secondary N) is 3. The third-order valence-corrected chi connectivity index (χ3v) is 8.58. The van der Waals surface area contributed by atoms with E-state index in [9.17, 15) is 35.6 Å². The number of benzene rings is 3. The topological polar surface area (TPSA) is 190 Å². The summed E-state index contributed by atoms with van der Waals surface area (Å²) in [5.74, 6) is -3.95. The van der Waals surface area contributed by atoms with E-state index in [1.807, 2.05) is 6.07 Å². The lowest BCUT2D eigenvalue weighted by molar-refractivity contribution is -0.192. The van der Waals surface area contributed by atoms with Gasteiger partial charge in [-0.1, -0.05) is 13.0 Å². The van der Waals surface area contributed by atoms with E-state index in [1.54, 1.807) is 31.3 Å². The molecule has 0 saturated carbocycles. The fraction of sp³-hybridized carbons (Fsp3) is 0.250. The highest BCUT2D eigenvalue weighted by Gasteiger charge is 2.38. The van der Waals surface area contributed by atoms with Crippen LogP contribution in [0, 0.1) is 5.82 Å². The predicted octanol–water partition coefficient (Wildman–Crippen LogP) is 5.21. The van der Waals surface area contributed by atoms with Crippen LogP contribution in [0.5, 0.6) is 5.75 Å². The summed E-state index contributed by atoms with van der Waals surface area (Å²) in [5.41, 5.74) is 7.67. The van der Waals surface area contributed by atoms with Crippen molar-refractivity contribution in [3.63, 3.8) is 0 Å². The Morgan fingerprint density at radius 1 is 1.00 bits per heavy atom. The molecule has 0 aliphatic rings. The van der Waals surface area contributed by atoms with E-state index in [-0.39, 0.29) is 35.5 Å². The number of carbonyl (C=O) groups excluding carboxylic acids is 2. The van der Waals surface area contributed by atoms with Crippen molar-refractivity contribution in [3.05, 3.63) is 83.8 Å². The Hall–Kier alpha value is -5.45. The van der Waals surface area contributed by atoms with Gasteiger partial charge in [-0.05, 0) is 78.0 Å². The van der Waals surface area contributed by atoms with E-state index in [2.05, 4.69) is 20.9 Å². The molecule has 0 radical (unpaired) electrons. The second kappa shape index (κ2) is 16.1. The maximum absolute atomic E-state index is 14.4. The lowest BCUT2D eigenvalue weighted by Crippen LogP contribution is -2.33. The number of anilines is 3. The first-order chi connectivity index (χ1) is 23.0. The quantitative estimate of drug-likeness (QED) is 0.129. The highest BCUT2D eigenvalue weighted by molar-refractivity contribution is 7.91. The maximum atomic E-state index is 14.4. The first-order valence-electron chi connectivity index (χ1n) is 14.5. The molecule has 1 unspecified atom stereocenters. The number of ether oxygens (including phenoxy) is 1. The van der Waals surface area contributed by atoms with Gasteiger partial charge >= 0.3 is 12.1 Å². The molecule has 4 aromatic rings. The van der Waals surface area contributed by atoms with Crippen molar-refractivity contribution in [2.24, 2.45) is 0 Å². The maximum Gasteiger partial charge on any atom is 0.490 e. The molecule has 1 atom stereocenters. The van der Waals surface area contributed by atoms with E-state index < -0.39 is 39.7 Å². The van der Waals surface area contributed by atoms with Gasteiger partial charge in [-0.25, -0.2) is 22.6 Å². The minimum Gasteiger partial charge on any atom is -0.491 e. The number of sulfone groups is 1. The van der Waals surface area contributed by atoms with Crippen LogP contribution in [0.25, 0.3) is 10.8 Å². The smallest absolute Gasteiger partial charge is 0.490 e. The average Bonchev–Trinajstić information content (AvgIpc) is 3.03. The van der Waals surface area contributed by atoms with Crippen LogP contribution in [0.1, 0.15) is 37.9 Å². The Morgan fingerprint density at radius 2 is 1.67 bits per heavy atom. The molecule has 3 aromatic carbocycles. The zero-order valence-corrected chi connectivity index (χ0v) is 27.2. The average molecular weight is 708 g/mol. The van der Waals surface area contributed by atoms with Crippen molar-refractivity contribution >= 4 is 55.6 Å². The molecule has 1 heterocycles. The number of fused-ring (bicyclic) bond motifs is 1. The third-order valence-electron chi connectivity index (χ3n) is 6.75. The number of nitrogen functional groups attached to an aromatic ring is 1. The summed E-state index contributed by atoms with van der Waals surface area (Å²) >= 11 is 0. The molecule has 0 aliphatic carbocycles. The number of pyridine rings is 1. The van der Waals surface area contributed by atoms with Crippen LogP contribution in [0.4, 0.5) is 34.8 Å². The van der Waals surface area contributed by atoms with Crippen molar-refractivity contribution in [1.82, 2.24) is 10.3 Å². The molecule has 0 fully saturated rings. The van der Waals surface area contributed by atoms with Crippen LogP contribution < -0.4 is 26.4 Å². The summed E-state index contributed by atoms with van der Waals surface area (Å²) in [6, 6.07) is 14.7. The van der Waals surface area contributed by atoms with Crippen molar-refractivity contribution < 1.29 is 50.2 Å². The molecule has 4 rings (SSSR count). The number of nitrogens with zero attached hydrogens (tertiary/aromatic N) is 1. The van der Waals surface area contributed by atoms with Crippen LogP contribution in [0.15, 0.2) is 71.8 Å². The fourth-order valence-corrected chi connectivity index (χ4v) is 5.58. The van der Waals surface area contributed by atoms with Gasteiger partial charge in [0.1, 0.15) is 11.9 Å². The van der Waals surface area contributed by atoms with Crippen LogP contribution in [0.3, 0.4) is 0 Å². The number of carbonyl (C=O) groups is 3. The molecule has 49 heavy (non-hydrogen) atoms. The SMILES string of the molecule is CCOc1cc(C(Nc2ccc3c(N)nccc3c2)C(=O)NCc2cc(NC(C)=O)ccc2S(=O)(=O)CC)ccc1F.O=C(O)C(F)(F)F. The van der Waals surface area contributed by atoms with E-state index in [0.717, 1.165) is 10.8 Å². The van der Waals surface area contributed by atoms with Gasteiger partial charge in [0.05, 0.1) is 17.3 Å². The minimum atomic E-state index is -5.08. The van der Waals surface area contributed by atoms with Gasteiger partial charge in [-0.2, -0.15) is 13.2 Å². The van der Waals surface area contributed by atoms with Crippen LogP contribution in [-0.4, -0.2) is 54.8 Å². The molecule has 0 saturated heterocycles. The Balaban J connectivity index is 0.000000838. The normalized spacial score (nSPS) is 11.9. The third kappa shape index (κ3) is 10.3. The zero-order valence-electron chi connectivity index (χ0n) is 26.4. The second-order valence-electron chi connectivity index (χ2n) is 10.3. The summed E-state index contributed by atoms with van der Waals surface area (Å²) in [5, 5.41) is 17.3. The number of amides is 2. The molecular formula is C32H33F4N5O7S. The van der Waals surface area contributed by atoms with Crippen molar-refractivity contribution in [2.45, 2.75) is 44.4 Å². The highest BCUT2D eigenvalue weighted by Crippen LogP contribution is 2.29. The van der Waals surface area contributed by atoms with Gasteiger partial charge in [0.15, 0.2) is 21.4 Å². The summed E-state index contributed by atoms with van der Waals surface area (Å²) < 4.78 is 77.1.